The fraction of sp³-hybridized carbons (Fsp3) is 0.600. The van der Waals surface area contributed by atoms with E-state index in [9.17, 15) is 4.79 Å². The zero-order valence-electron chi connectivity index (χ0n) is 12.4. The van der Waals surface area contributed by atoms with Gasteiger partial charge in [-0.15, -0.1) is 0 Å². The lowest BCUT2D eigenvalue weighted by Crippen LogP contribution is -2.34. The molecule has 3 N–H and O–H groups in total. The third-order valence-electron chi connectivity index (χ3n) is 3.18. The number of anilines is 1. The highest BCUT2D eigenvalue weighted by Gasteiger charge is 2.14. The number of amides is 1. The summed E-state index contributed by atoms with van der Waals surface area (Å²) in [4.78, 5) is 16.5. The van der Waals surface area contributed by atoms with Gasteiger partial charge in [0.1, 0.15) is 5.82 Å². The van der Waals surface area contributed by atoms with Gasteiger partial charge in [0.05, 0.1) is 0 Å². The van der Waals surface area contributed by atoms with Gasteiger partial charge in [-0.3, -0.25) is 4.79 Å². The highest BCUT2D eigenvalue weighted by atomic mass is 16.1. The van der Waals surface area contributed by atoms with Crippen molar-refractivity contribution in [2.45, 2.75) is 58.9 Å². The quantitative estimate of drug-likeness (QED) is 0.828. The van der Waals surface area contributed by atoms with Gasteiger partial charge in [0.25, 0.3) is 5.91 Å². The first-order valence-corrected chi connectivity index (χ1v) is 7.06. The van der Waals surface area contributed by atoms with Crippen LogP contribution >= 0.6 is 0 Å². The van der Waals surface area contributed by atoms with Crippen LogP contribution in [0.5, 0.6) is 0 Å². The predicted molar refractivity (Wildman–Crippen MR) is 79.2 cm³/mol. The molecule has 4 heteroatoms. The minimum atomic E-state index is -0.0590. The van der Waals surface area contributed by atoms with Gasteiger partial charge in [-0.1, -0.05) is 34.1 Å². The van der Waals surface area contributed by atoms with Gasteiger partial charge in [-0.2, -0.15) is 0 Å². The van der Waals surface area contributed by atoms with E-state index in [0.29, 0.717) is 11.4 Å². The molecule has 1 aromatic heterocycles. The number of nitrogens with two attached hydrogens (primary N) is 1. The van der Waals surface area contributed by atoms with E-state index >= 15 is 0 Å². The van der Waals surface area contributed by atoms with Crippen LogP contribution in [0.1, 0.15) is 68.9 Å². The summed E-state index contributed by atoms with van der Waals surface area (Å²) in [6, 6.07) is 3.70. The van der Waals surface area contributed by atoms with Crippen molar-refractivity contribution in [3.63, 3.8) is 0 Å². The Labute approximate surface area is 115 Å². The minimum absolute atomic E-state index is 0.0590. The van der Waals surface area contributed by atoms with E-state index in [1.807, 2.05) is 19.9 Å². The lowest BCUT2D eigenvalue weighted by atomic mass is 10.1. The van der Waals surface area contributed by atoms with Crippen molar-refractivity contribution in [2.24, 2.45) is 0 Å². The maximum atomic E-state index is 12.2. The number of hydrogen-bond donors (Lipinski definition) is 2. The summed E-state index contributed by atoms with van der Waals surface area (Å²) in [5, 5.41) is 3.05. The Hall–Kier alpha value is -1.58. The van der Waals surface area contributed by atoms with E-state index in [2.05, 4.69) is 24.1 Å². The van der Waals surface area contributed by atoms with E-state index in [-0.39, 0.29) is 17.9 Å². The Morgan fingerprint density at radius 1 is 1.37 bits per heavy atom. The molecule has 0 aliphatic rings. The molecule has 1 amide bonds. The number of pyridine rings is 1. The molecule has 0 fully saturated rings. The number of aromatic nitrogens is 1. The SMILES string of the molecule is CCCC(CC)NC(=O)c1cc(N)nc(C(C)C)c1. The second-order valence-electron chi connectivity index (χ2n) is 5.23. The maximum Gasteiger partial charge on any atom is 0.251 e. The molecule has 1 unspecified atom stereocenters. The summed E-state index contributed by atoms with van der Waals surface area (Å²) in [6.07, 6.45) is 3.01. The molecule has 1 rings (SSSR count). The van der Waals surface area contributed by atoms with Gasteiger partial charge >= 0.3 is 0 Å². The van der Waals surface area contributed by atoms with Crippen molar-refractivity contribution in [3.05, 3.63) is 23.4 Å². The molecule has 106 valence electrons. The molecule has 0 aromatic carbocycles. The second-order valence-corrected chi connectivity index (χ2v) is 5.23. The molecule has 19 heavy (non-hydrogen) atoms. The summed E-state index contributed by atoms with van der Waals surface area (Å²) in [7, 11) is 0. The van der Waals surface area contributed by atoms with Gasteiger partial charge in [0.15, 0.2) is 0 Å². The van der Waals surface area contributed by atoms with Crippen LogP contribution in [0.2, 0.25) is 0 Å². The van der Waals surface area contributed by atoms with E-state index < -0.39 is 0 Å². The van der Waals surface area contributed by atoms with E-state index in [4.69, 9.17) is 5.73 Å². The van der Waals surface area contributed by atoms with Crippen molar-refractivity contribution >= 4 is 11.7 Å². The van der Waals surface area contributed by atoms with Crippen LogP contribution in [-0.2, 0) is 0 Å². The van der Waals surface area contributed by atoms with Gasteiger partial charge in [0, 0.05) is 17.3 Å². The first-order chi connectivity index (χ1) is 8.97. The maximum absolute atomic E-state index is 12.2. The number of nitrogen functional groups attached to an aromatic ring is 1. The van der Waals surface area contributed by atoms with Crippen molar-refractivity contribution in [2.75, 3.05) is 5.73 Å². The van der Waals surface area contributed by atoms with Crippen LogP contribution in [0.25, 0.3) is 0 Å². The molecule has 0 bridgehead atoms. The van der Waals surface area contributed by atoms with Gasteiger partial charge in [-0.25, -0.2) is 4.98 Å². The van der Waals surface area contributed by atoms with Gasteiger partial charge in [0.2, 0.25) is 0 Å². The van der Waals surface area contributed by atoms with Gasteiger partial charge in [-0.05, 0) is 30.9 Å². The third kappa shape index (κ3) is 4.54. The molecule has 0 spiro atoms. The number of carbonyl (C=O) groups excluding carboxylic acids is 1. The monoisotopic (exact) mass is 263 g/mol. The number of carbonyl (C=O) groups is 1. The molecular formula is C15H25N3O. The molecule has 1 atom stereocenters. The fourth-order valence-electron chi connectivity index (χ4n) is 2.00. The molecule has 0 aliphatic carbocycles. The molecule has 4 nitrogen and oxygen atoms in total. The molecule has 1 aromatic rings. The van der Waals surface area contributed by atoms with Crippen molar-refractivity contribution in [1.82, 2.24) is 10.3 Å². The Balaban J connectivity index is 2.87. The Morgan fingerprint density at radius 3 is 2.58 bits per heavy atom. The summed E-state index contributed by atoms with van der Waals surface area (Å²) in [5.41, 5.74) is 7.22. The summed E-state index contributed by atoms with van der Waals surface area (Å²) in [6.45, 7) is 8.28. The van der Waals surface area contributed by atoms with Crippen molar-refractivity contribution in [3.8, 4) is 0 Å². The zero-order valence-corrected chi connectivity index (χ0v) is 12.4. The fourth-order valence-corrected chi connectivity index (χ4v) is 2.00. The largest absolute Gasteiger partial charge is 0.384 e. The highest BCUT2D eigenvalue weighted by molar-refractivity contribution is 5.95. The highest BCUT2D eigenvalue weighted by Crippen LogP contribution is 2.16. The summed E-state index contributed by atoms with van der Waals surface area (Å²) < 4.78 is 0. The Kier molecular flexibility index (Phi) is 5.80. The molecule has 1 heterocycles. The normalized spacial score (nSPS) is 12.5. The van der Waals surface area contributed by atoms with Crippen LogP contribution in [0.15, 0.2) is 12.1 Å². The number of rotatable bonds is 6. The zero-order chi connectivity index (χ0) is 14.4. The lowest BCUT2D eigenvalue weighted by molar-refractivity contribution is 0.0933. The summed E-state index contributed by atoms with van der Waals surface area (Å²) in [5.74, 6) is 0.601. The standard InChI is InChI=1S/C15H25N3O/c1-5-7-12(6-2)17-15(19)11-8-13(10(3)4)18-14(16)9-11/h8-10,12H,5-7H2,1-4H3,(H2,16,18)(H,17,19). The van der Waals surface area contributed by atoms with Crippen LogP contribution in [0, 0.1) is 0 Å². The van der Waals surface area contributed by atoms with Crippen molar-refractivity contribution < 1.29 is 4.79 Å². The topological polar surface area (TPSA) is 68.0 Å². The lowest BCUT2D eigenvalue weighted by Gasteiger charge is -2.16. The van der Waals surface area contributed by atoms with E-state index in [1.54, 1.807) is 6.07 Å². The summed E-state index contributed by atoms with van der Waals surface area (Å²) >= 11 is 0. The first-order valence-electron chi connectivity index (χ1n) is 7.06. The van der Waals surface area contributed by atoms with Crippen LogP contribution in [0.3, 0.4) is 0 Å². The molecule has 0 radical (unpaired) electrons. The minimum Gasteiger partial charge on any atom is -0.384 e. The number of hydrogen-bond acceptors (Lipinski definition) is 3. The number of nitrogens with one attached hydrogen (secondary N) is 1. The van der Waals surface area contributed by atoms with E-state index in [1.165, 1.54) is 0 Å². The smallest absolute Gasteiger partial charge is 0.251 e. The second kappa shape index (κ2) is 7.12. The van der Waals surface area contributed by atoms with Crippen LogP contribution in [0.4, 0.5) is 5.82 Å². The van der Waals surface area contributed by atoms with Crippen LogP contribution < -0.4 is 11.1 Å². The molecule has 0 saturated heterocycles. The molecule has 0 aliphatic heterocycles. The third-order valence-corrected chi connectivity index (χ3v) is 3.18. The molecule has 0 saturated carbocycles. The average Bonchev–Trinajstić information content (AvgIpc) is 2.37. The van der Waals surface area contributed by atoms with E-state index in [0.717, 1.165) is 25.0 Å². The van der Waals surface area contributed by atoms with Gasteiger partial charge < -0.3 is 11.1 Å². The van der Waals surface area contributed by atoms with Crippen molar-refractivity contribution in [1.29, 1.82) is 0 Å². The average molecular weight is 263 g/mol. The predicted octanol–water partition coefficient (Wildman–Crippen LogP) is 3.10. The Morgan fingerprint density at radius 2 is 2.05 bits per heavy atom. The number of nitrogens with zero attached hydrogens (tertiary/aromatic N) is 1. The first kappa shape index (κ1) is 15.5. The van der Waals surface area contributed by atoms with Crippen LogP contribution in [-0.4, -0.2) is 16.9 Å². The molecular weight excluding hydrogens is 238 g/mol. The Bertz CT molecular complexity index is 429.